The first-order chi connectivity index (χ1) is 8.20. The van der Waals surface area contributed by atoms with E-state index in [0.29, 0.717) is 6.04 Å². The molecule has 0 unspecified atom stereocenters. The lowest BCUT2D eigenvalue weighted by atomic mass is 10.4. The number of hydrogen-bond donors (Lipinski definition) is 1. The molecule has 0 bridgehead atoms. The summed E-state index contributed by atoms with van der Waals surface area (Å²) >= 11 is 0. The van der Waals surface area contributed by atoms with Gasteiger partial charge in [0.05, 0.1) is 18.8 Å². The maximum Gasteiger partial charge on any atom is 0.123 e. The summed E-state index contributed by atoms with van der Waals surface area (Å²) in [6.45, 7) is 5.80. The number of aromatic nitrogens is 4. The Kier molecular flexibility index (Phi) is 3.58. The largest absolute Gasteiger partial charge is 0.328 e. The quantitative estimate of drug-likeness (QED) is 0.850. The third-order valence-electron chi connectivity index (χ3n) is 2.66. The van der Waals surface area contributed by atoms with Gasteiger partial charge in [-0.05, 0) is 27.0 Å². The molecule has 0 spiro atoms. The molecule has 0 saturated heterocycles. The smallest absolute Gasteiger partial charge is 0.123 e. The molecule has 1 N–H and O–H groups in total. The average Bonchev–Trinajstić information content (AvgIpc) is 2.90. The Morgan fingerprint density at radius 3 is 2.82 bits per heavy atom. The lowest BCUT2D eigenvalue weighted by molar-refractivity contribution is 0.522. The predicted molar refractivity (Wildman–Crippen MR) is 66.7 cm³/mol. The molecule has 0 fully saturated rings. The molecule has 2 rings (SSSR count). The van der Waals surface area contributed by atoms with E-state index >= 15 is 0 Å². The maximum atomic E-state index is 4.53. The van der Waals surface area contributed by atoms with Gasteiger partial charge in [0.2, 0.25) is 0 Å². The molecule has 2 aromatic heterocycles. The fourth-order valence-corrected chi connectivity index (χ4v) is 1.73. The first-order valence-corrected chi connectivity index (χ1v) is 5.89. The van der Waals surface area contributed by atoms with Crippen LogP contribution in [0.3, 0.4) is 0 Å². The molecule has 0 aliphatic rings. The normalized spacial score (nSPS) is 11.3. The fourth-order valence-electron chi connectivity index (χ4n) is 1.73. The Balaban J connectivity index is 2.11. The molecule has 2 aromatic rings. The maximum absolute atomic E-state index is 4.53. The van der Waals surface area contributed by atoms with Gasteiger partial charge in [0.25, 0.3) is 0 Å². The van der Waals surface area contributed by atoms with Crippen molar-refractivity contribution in [2.45, 2.75) is 33.0 Å². The molecular formula is C12H19N5. The van der Waals surface area contributed by atoms with Gasteiger partial charge in [-0.25, -0.2) is 4.98 Å². The van der Waals surface area contributed by atoms with Crippen LogP contribution in [0.2, 0.25) is 0 Å². The van der Waals surface area contributed by atoms with Crippen LogP contribution in [0.1, 0.15) is 31.4 Å². The van der Waals surface area contributed by atoms with Crippen LogP contribution in [0.25, 0.3) is 0 Å². The highest BCUT2D eigenvalue weighted by Crippen LogP contribution is 2.07. The zero-order valence-electron chi connectivity index (χ0n) is 10.6. The average molecular weight is 233 g/mol. The van der Waals surface area contributed by atoms with Crippen LogP contribution in [0.15, 0.2) is 24.7 Å². The number of nitrogens with zero attached hydrogens (tertiary/aromatic N) is 4. The number of rotatable bonds is 5. The van der Waals surface area contributed by atoms with Gasteiger partial charge in [-0.1, -0.05) is 0 Å². The summed E-state index contributed by atoms with van der Waals surface area (Å²) in [5.41, 5.74) is 1.06. The fraction of sp³-hybridized carbons (Fsp3) is 0.500. The van der Waals surface area contributed by atoms with Crippen LogP contribution in [-0.2, 0) is 13.1 Å². The lowest BCUT2D eigenvalue weighted by Crippen LogP contribution is -2.13. The standard InChI is InChI=1S/C12H19N5/c1-10(2)17-6-4-11(15-17)9-16-7-5-14-12(16)8-13-3/h4-7,10,13H,8-9H2,1-3H3. The molecule has 0 atom stereocenters. The highest BCUT2D eigenvalue weighted by Gasteiger charge is 2.06. The third-order valence-corrected chi connectivity index (χ3v) is 2.66. The van der Waals surface area contributed by atoms with Crippen LogP contribution in [0.4, 0.5) is 0 Å². The topological polar surface area (TPSA) is 47.7 Å². The van der Waals surface area contributed by atoms with E-state index < -0.39 is 0 Å². The summed E-state index contributed by atoms with van der Waals surface area (Å²) in [7, 11) is 1.92. The summed E-state index contributed by atoms with van der Waals surface area (Å²) in [6.07, 6.45) is 5.84. The molecule has 17 heavy (non-hydrogen) atoms. The second-order valence-electron chi connectivity index (χ2n) is 4.38. The highest BCUT2D eigenvalue weighted by atomic mass is 15.3. The van der Waals surface area contributed by atoms with Crippen molar-refractivity contribution in [3.8, 4) is 0 Å². The van der Waals surface area contributed by atoms with E-state index in [1.807, 2.05) is 30.3 Å². The Morgan fingerprint density at radius 1 is 1.35 bits per heavy atom. The van der Waals surface area contributed by atoms with E-state index in [2.05, 4.69) is 39.9 Å². The highest BCUT2D eigenvalue weighted by molar-refractivity contribution is 5.03. The minimum absolute atomic E-state index is 0.406. The van der Waals surface area contributed by atoms with Gasteiger partial charge in [-0.3, -0.25) is 4.68 Å². The first-order valence-electron chi connectivity index (χ1n) is 5.89. The van der Waals surface area contributed by atoms with E-state index in [9.17, 15) is 0 Å². The zero-order chi connectivity index (χ0) is 12.3. The molecule has 2 heterocycles. The van der Waals surface area contributed by atoms with E-state index in [1.54, 1.807) is 0 Å². The molecule has 0 aliphatic heterocycles. The summed E-state index contributed by atoms with van der Waals surface area (Å²) < 4.78 is 4.09. The van der Waals surface area contributed by atoms with Gasteiger partial charge in [0.15, 0.2) is 0 Å². The minimum Gasteiger partial charge on any atom is -0.328 e. The predicted octanol–water partition coefficient (Wildman–Crippen LogP) is 1.43. The van der Waals surface area contributed by atoms with Crippen molar-refractivity contribution in [3.63, 3.8) is 0 Å². The van der Waals surface area contributed by atoms with Crippen molar-refractivity contribution in [1.29, 1.82) is 0 Å². The number of nitrogens with one attached hydrogen (secondary N) is 1. The Hall–Kier alpha value is -1.62. The summed E-state index contributed by atoms with van der Waals surface area (Å²) in [4.78, 5) is 4.31. The summed E-state index contributed by atoms with van der Waals surface area (Å²) in [6, 6.07) is 2.46. The van der Waals surface area contributed by atoms with Gasteiger partial charge in [-0.15, -0.1) is 0 Å². The van der Waals surface area contributed by atoms with Crippen LogP contribution in [0.5, 0.6) is 0 Å². The molecule has 5 nitrogen and oxygen atoms in total. The van der Waals surface area contributed by atoms with Crippen molar-refractivity contribution in [1.82, 2.24) is 24.6 Å². The van der Waals surface area contributed by atoms with Crippen molar-refractivity contribution >= 4 is 0 Å². The van der Waals surface area contributed by atoms with E-state index in [1.165, 1.54) is 0 Å². The monoisotopic (exact) mass is 233 g/mol. The van der Waals surface area contributed by atoms with Gasteiger partial charge in [0, 0.05) is 24.6 Å². The number of imidazole rings is 1. The van der Waals surface area contributed by atoms with Gasteiger partial charge in [0.1, 0.15) is 5.82 Å². The van der Waals surface area contributed by atoms with Gasteiger partial charge >= 0.3 is 0 Å². The summed E-state index contributed by atoms with van der Waals surface area (Å²) in [5.74, 6) is 1.03. The summed E-state index contributed by atoms with van der Waals surface area (Å²) in [5, 5.41) is 7.64. The Bertz CT molecular complexity index is 469. The van der Waals surface area contributed by atoms with E-state index in [-0.39, 0.29) is 0 Å². The van der Waals surface area contributed by atoms with Gasteiger partial charge < -0.3 is 9.88 Å². The van der Waals surface area contributed by atoms with Gasteiger partial charge in [-0.2, -0.15) is 5.10 Å². The number of hydrogen-bond acceptors (Lipinski definition) is 3. The zero-order valence-corrected chi connectivity index (χ0v) is 10.6. The van der Waals surface area contributed by atoms with Crippen LogP contribution >= 0.6 is 0 Å². The molecular weight excluding hydrogens is 214 g/mol. The Morgan fingerprint density at radius 2 is 2.18 bits per heavy atom. The molecule has 0 radical (unpaired) electrons. The first kappa shape index (κ1) is 11.9. The minimum atomic E-state index is 0.406. The third kappa shape index (κ3) is 2.74. The molecule has 0 saturated carbocycles. The molecule has 5 heteroatoms. The van der Waals surface area contributed by atoms with Crippen molar-refractivity contribution < 1.29 is 0 Å². The second-order valence-corrected chi connectivity index (χ2v) is 4.38. The Labute approximate surface area is 101 Å². The molecule has 92 valence electrons. The molecule has 0 aromatic carbocycles. The SMILES string of the molecule is CNCc1nccn1Cc1ccn(C(C)C)n1. The van der Waals surface area contributed by atoms with E-state index in [0.717, 1.165) is 24.6 Å². The second kappa shape index (κ2) is 5.14. The molecule has 0 aliphatic carbocycles. The van der Waals surface area contributed by atoms with Crippen LogP contribution < -0.4 is 5.32 Å². The van der Waals surface area contributed by atoms with Crippen molar-refractivity contribution in [2.75, 3.05) is 7.05 Å². The van der Waals surface area contributed by atoms with Crippen molar-refractivity contribution in [3.05, 3.63) is 36.2 Å². The van der Waals surface area contributed by atoms with E-state index in [4.69, 9.17) is 0 Å². The molecule has 0 amide bonds. The van der Waals surface area contributed by atoms with Crippen molar-refractivity contribution in [2.24, 2.45) is 0 Å². The van der Waals surface area contributed by atoms with Crippen LogP contribution in [-0.4, -0.2) is 26.4 Å². The van der Waals surface area contributed by atoms with Crippen LogP contribution in [0, 0.1) is 0 Å². The lowest BCUT2D eigenvalue weighted by Gasteiger charge is -2.06.